The summed E-state index contributed by atoms with van der Waals surface area (Å²) in [5, 5.41) is 25.4. The van der Waals surface area contributed by atoms with Crippen LogP contribution in [0.15, 0.2) is 60.9 Å². The van der Waals surface area contributed by atoms with Gasteiger partial charge in [0.15, 0.2) is 0 Å². The lowest BCUT2D eigenvalue weighted by atomic mass is 10.1. The Morgan fingerprint density at radius 3 is 2.14 bits per heavy atom. The van der Waals surface area contributed by atoms with Crippen molar-refractivity contribution in [3.63, 3.8) is 0 Å². The van der Waals surface area contributed by atoms with Gasteiger partial charge in [-0.25, -0.2) is 9.97 Å². The zero-order valence-corrected chi connectivity index (χ0v) is 15.3. The second-order valence-electron chi connectivity index (χ2n) is 6.01. The molecule has 3 rings (SSSR count). The van der Waals surface area contributed by atoms with Crippen molar-refractivity contribution in [3.8, 4) is 0 Å². The Bertz CT molecular complexity index is 1010. The van der Waals surface area contributed by atoms with Gasteiger partial charge in [-0.3, -0.25) is 31.1 Å². The van der Waals surface area contributed by atoms with Crippen LogP contribution < -0.4 is 16.2 Å². The monoisotopic (exact) mass is 395 g/mol. The summed E-state index contributed by atoms with van der Waals surface area (Å²) in [6, 6.07) is 14.8. The summed E-state index contributed by atoms with van der Waals surface area (Å²) >= 11 is 0. The van der Waals surface area contributed by atoms with Crippen LogP contribution in [0.5, 0.6) is 0 Å². The highest BCUT2D eigenvalue weighted by atomic mass is 16.6. The number of rotatable bonds is 8. The molecule has 1 aromatic heterocycles. The van der Waals surface area contributed by atoms with E-state index in [-0.39, 0.29) is 29.1 Å². The summed E-state index contributed by atoms with van der Waals surface area (Å²) in [5.74, 6) is 0.0143. The van der Waals surface area contributed by atoms with Crippen LogP contribution in [0, 0.1) is 20.2 Å². The number of anilines is 3. The van der Waals surface area contributed by atoms with Gasteiger partial charge in [-0.15, -0.1) is 0 Å². The number of nitrogens with zero attached hydrogens (tertiary/aromatic N) is 4. The maximum atomic E-state index is 11.6. The van der Waals surface area contributed by atoms with E-state index in [1.54, 1.807) is 0 Å². The molecule has 29 heavy (non-hydrogen) atoms. The predicted octanol–water partition coefficient (Wildman–Crippen LogP) is 3.91. The minimum Gasteiger partial charge on any atom is -0.358 e. The van der Waals surface area contributed by atoms with E-state index in [1.807, 2.05) is 37.3 Å². The number of hydrazine groups is 1. The lowest BCUT2D eigenvalue weighted by Crippen LogP contribution is -2.15. The standard InChI is InChI=1S/C18H17N7O4/c1-12(13-5-3-2-4-6-13)21-17-16(25(28)29)18(20-11-19-17)23-22-14-7-9-15(10-8-14)24(26)27/h2-12,22H,1H3,(H2,19,20,21,23). The summed E-state index contributed by atoms with van der Waals surface area (Å²) in [6.07, 6.45) is 1.20. The zero-order chi connectivity index (χ0) is 20.8. The molecule has 1 atom stereocenters. The van der Waals surface area contributed by atoms with Gasteiger partial charge < -0.3 is 5.32 Å². The van der Waals surface area contributed by atoms with E-state index in [4.69, 9.17) is 0 Å². The summed E-state index contributed by atoms with van der Waals surface area (Å²) in [5.41, 5.74) is 6.42. The highest BCUT2D eigenvalue weighted by molar-refractivity contribution is 5.71. The molecule has 0 aliphatic rings. The van der Waals surface area contributed by atoms with Crippen molar-refractivity contribution < 1.29 is 9.85 Å². The Morgan fingerprint density at radius 1 is 0.862 bits per heavy atom. The van der Waals surface area contributed by atoms with Crippen LogP contribution in [0.2, 0.25) is 0 Å². The number of hydrogen-bond acceptors (Lipinski definition) is 9. The maximum absolute atomic E-state index is 11.6. The minimum atomic E-state index is -0.583. The molecule has 2 aromatic carbocycles. The van der Waals surface area contributed by atoms with Gasteiger partial charge in [-0.1, -0.05) is 30.3 Å². The fourth-order valence-electron chi connectivity index (χ4n) is 2.58. The predicted molar refractivity (Wildman–Crippen MR) is 108 cm³/mol. The van der Waals surface area contributed by atoms with E-state index in [0.717, 1.165) is 5.56 Å². The zero-order valence-electron chi connectivity index (χ0n) is 15.3. The van der Waals surface area contributed by atoms with Crippen molar-refractivity contribution in [2.24, 2.45) is 0 Å². The Labute approximate surface area is 165 Å². The minimum absolute atomic E-state index is 0.0499. The van der Waals surface area contributed by atoms with Crippen LogP contribution in [0.3, 0.4) is 0 Å². The number of nitro benzene ring substituents is 1. The molecule has 3 N–H and O–H groups in total. The molecule has 0 aliphatic carbocycles. The van der Waals surface area contributed by atoms with Crippen molar-refractivity contribution in [1.29, 1.82) is 0 Å². The first-order valence-corrected chi connectivity index (χ1v) is 8.53. The second kappa shape index (κ2) is 8.61. The Balaban J connectivity index is 1.79. The van der Waals surface area contributed by atoms with E-state index in [2.05, 4.69) is 26.1 Å². The molecule has 3 aromatic rings. The van der Waals surface area contributed by atoms with Crippen LogP contribution in [-0.2, 0) is 0 Å². The highest BCUT2D eigenvalue weighted by Crippen LogP contribution is 2.31. The molecule has 1 heterocycles. The molecule has 0 aliphatic heterocycles. The van der Waals surface area contributed by atoms with Crippen LogP contribution >= 0.6 is 0 Å². The maximum Gasteiger partial charge on any atom is 0.354 e. The van der Waals surface area contributed by atoms with Crippen LogP contribution in [0.4, 0.5) is 28.7 Å². The van der Waals surface area contributed by atoms with E-state index < -0.39 is 9.85 Å². The molecular weight excluding hydrogens is 378 g/mol. The summed E-state index contributed by atoms with van der Waals surface area (Å²) < 4.78 is 0. The molecular formula is C18H17N7O4. The molecule has 0 bridgehead atoms. The molecule has 0 fully saturated rings. The molecule has 0 saturated carbocycles. The first-order valence-electron chi connectivity index (χ1n) is 8.53. The van der Waals surface area contributed by atoms with Gasteiger partial charge in [0.1, 0.15) is 6.33 Å². The average Bonchev–Trinajstić information content (AvgIpc) is 2.73. The van der Waals surface area contributed by atoms with Crippen LogP contribution in [-0.4, -0.2) is 19.8 Å². The van der Waals surface area contributed by atoms with Gasteiger partial charge in [0.25, 0.3) is 5.69 Å². The fraction of sp³-hybridized carbons (Fsp3) is 0.111. The van der Waals surface area contributed by atoms with Crippen LogP contribution in [0.1, 0.15) is 18.5 Å². The summed E-state index contributed by atoms with van der Waals surface area (Å²) in [4.78, 5) is 29.2. The molecule has 0 amide bonds. The van der Waals surface area contributed by atoms with E-state index in [0.29, 0.717) is 5.69 Å². The number of hydrogen-bond donors (Lipinski definition) is 3. The topological polar surface area (TPSA) is 148 Å². The third kappa shape index (κ3) is 4.71. The van der Waals surface area contributed by atoms with Crippen LogP contribution in [0.25, 0.3) is 0 Å². The lowest BCUT2D eigenvalue weighted by Gasteiger charge is -2.16. The first-order chi connectivity index (χ1) is 14.0. The highest BCUT2D eigenvalue weighted by Gasteiger charge is 2.24. The third-order valence-electron chi connectivity index (χ3n) is 4.06. The fourth-order valence-corrected chi connectivity index (χ4v) is 2.58. The van der Waals surface area contributed by atoms with Gasteiger partial charge in [-0.2, -0.15) is 0 Å². The van der Waals surface area contributed by atoms with Gasteiger partial charge in [0.2, 0.25) is 11.6 Å². The normalized spacial score (nSPS) is 11.3. The quantitative estimate of drug-likeness (QED) is 0.381. The average molecular weight is 395 g/mol. The largest absolute Gasteiger partial charge is 0.358 e. The number of non-ortho nitro benzene ring substituents is 1. The van der Waals surface area contributed by atoms with Gasteiger partial charge >= 0.3 is 5.69 Å². The molecule has 148 valence electrons. The van der Waals surface area contributed by atoms with Gasteiger partial charge in [0, 0.05) is 12.1 Å². The number of nitro groups is 2. The van der Waals surface area contributed by atoms with E-state index in [9.17, 15) is 20.2 Å². The molecule has 0 spiro atoms. The first kappa shape index (κ1) is 19.5. The molecule has 0 saturated heterocycles. The van der Waals surface area contributed by atoms with Crippen molar-refractivity contribution in [3.05, 3.63) is 86.7 Å². The Hall–Kier alpha value is -4.28. The van der Waals surface area contributed by atoms with Gasteiger partial charge in [0.05, 0.1) is 21.6 Å². The molecule has 11 nitrogen and oxygen atoms in total. The van der Waals surface area contributed by atoms with Crippen molar-refractivity contribution in [1.82, 2.24) is 9.97 Å². The van der Waals surface area contributed by atoms with Gasteiger partial charge in [-0.05, 0) is 24.6 Å². The Kier molecular flexibility index (Phi) is 5.78. The third-order valence-corrected chi connectivity index (χ3v) is 4.06. The lowest BCUT2D eigenvalue weighted by molar-refractivity contribution is -0.384. The Morgan fingerprint density at radius 2 is 1.52 bits per heavy atom. The van der Waals surface area contributed by atoms with Crippen molar-refractivity contribution in [2.75, 3.05) is 16.2 Å². The summed E-state index contributed by atoms with van der Waals surface area (Å²) in [6.45, 7) is 1.86. The van der Waals surface area contributed by atoms with E-state index in [1.165, 1.54) is 30.6 Å². The van der Waals surface area contributed by atoms with E-state index >= 15 is 0 Å². The molecule has 11 heteroatoms. The smallest absolute Gasteiger partial charge is 0.354 e. The van der Waals surface area contributed by atoms with Crippen molar-refractivity contribution in [2.45, 2.75) is 13.0 Å². The molecule has 1 unspecified atom stereocenters. The SMILES string of the molecule is CC(Nc1ncnc(NNc2ccc([N+](=O)[O-])cc2)c1[N+](=O)[O-])c1ccccc1. The molecule has 0 radical (unpaired) electrons. The van der Waals surface area contributed by atoms with Crippen molar-refractivity contribution >= 4 is 28.7 Å². The number of benzene rings is 2. The second-order valence-corrected chi connectivity index (χ2v) is 6.01. The summed E-state index contributed by atoms with van der Waals surface area (Å²) in [7, 11) is 0. The number of aromatic nitrogens is 2. The number of nitrogens with one attached hydrogen (secondary N) is 3.